The van der Waals surface area contributed by atoms with Crippen LogP contribution in [0.5, 0.6) is 11.5 Å². The maximum Gasteiger partial charge on any atom is 0.340 e. The van der Waals surface area contributed by atoms with Crippen molar-refractivity contribution in [3.8, 4) is 11.5 Å². The van der Waals surface area contributed by atoms with Crippen molar-refractivity contribution in [2.45, 2.75) is 13.8 Å². The van der Waals surface area contributed by atoms with Gasteiger partial charge in [-0.2, -0.15) is 0 Å². The summed E-state index contributed by atoms with van der Waals surface area (Å²) in [5.74, 6) is -5.79. The number of carboxylic acids is 2. The van der Waals surface area contributed by atoms with Crippen molar-refractivity contribution < 1.29 is 38.9 Å². The Morgan fingerprint density at radius 1 is 0.800 bits per heavy atom. The summed E-state index contributed by atoms with van der Waals surface area (Å²) in [4.78, 5) is 44.1. The largest absolute Gasteiger partial charge is 0.478 e. The van der Waals surface area contributed by atoms with E-state index in [1.165, 1.54) is 0 Å². The highest BCUT2D eigenvalue weighted by Gasteiger charge is 2.27. The van der Waals surface area contributed by atoms with Crippen LogP contribution in [0.25, 0.3) is 0 Å². The minimum atomic E-state index is -1.63. The first-order valence-corrected chi connectivity index (χ1v) is 5.24. The smallest absolute Gasteiger partial charge is 0.340 e. The van der Waals surface area contributed by atoms with E-state index in [0.29, 0.717) is 0 Å². The van der Waals surface area contributed by atoms with E-state index in [9.17, 15) is 19.2 Å². The lowest BCUT2D eigenvalue weighted by molar-refractivity contribution is -0.133. The summed E-state index contributed by atoms with van der Waals surface area (Å²) < 4.78 is 9.27. The number of carbonyl (C=O) groups excluding carboxylic acids is 2. The molecule has 0 unspecified atom stereocenters. The fourth-order valence-electron chi connectivity index (χ4n) is 1.47. The highest BCUT2D eigenvalue weighted by molar-refractivity contribution is 6.06. The molecule has 0 aliphatic heterocycles. The van der Waals surface area contributed by atoms with Gasteiger partial charge in [-0.25, -0.2) is 9.59 Å². The summed E-state index contributed by atoms with van der Waals surface area (Å²) in [5.41, 5.74) is -1.54. The van der Waals surface area contributed by atoms with Gasteiger partial charge in [0.25, 0.3) is 0 Å². The van der Waals surface area contributed by atoms with Crippen LogP contribution in [0.2, 0.25) is 0 Å². The minimum Gasteiger partial charge on any atom is -0.478 e. The van der Waals surface area contributed by atoms with Gasteiger partial charge in [0, 0.05) is 13.8 Å². The summed E-state index contributed by atoms with van der Waals surface area (Å²) >= 11 is 0. The number of aromatic carboxylic acids is 2. The fourth-order valence-corrected chi connectivity index (χ4v) is 1.47. The Balaban J connectivity index is 3.57. The van der Waals surface area contributed by atoms with Crippen LogP contribution in [-0.2, 0) is 9.59 Å². The molecule has 0 fully saturated rings. The maximum absolute atomic E-state index is 11.2. The predicted molar refractivity (Wildman–Crippen MR) is 63.0 cm³/mol. The molecule has 0 aliphatic rings. The molecule has 20 heavy (non-hydrogen) atoms. The van der Waals surface area contributed by atoms with Crippen molar-refractivity contribution in [1.29, 1.82) is 0 Å². The van der Waals surface area contributed by atoms with E-state index in [-0.39, 0.29) is 0 Å². The van der Waals surface area contributed by atoms with Crippen LogP contribution < -0.4 is 9.47 Å². The second-order valence-corrected chi connectivity index (χ2v) is 3.61. The zero-order valence-electron chi connectivity index (χ0n) is 10.5. The molecule has 2 N–H and O–H groups in total. The molecule has 0 radical (unpaired) electrons. The Morgan fingerprint density at radius 3 is 1.30 bits per heavy atom. The van der Waals surface area contributed by atoms with Crippen molar-refractivity contribution in [3.05, 3.63) is 23.3 Å². The van der Waals surface area contributed by atoms with Gasteiger partial charge in [0.1, 0.15) is 22.6 Å². The molecule has 8 heteroatoms. The normalized spacial score (nSPS) is 9.70. The maximum atomic E-state index is 11.2. The Morgan fingerprint density at radius 2 is 1.10 bits per heavy atom. The van der Waals surface area contributed by atoms with Gasteiger partial charge in [-0.3, -0.25) is 9.59 Å². The second kappa shape index (κ2) is 5.83. The number of hydrogen-bond donors (Lipinski definition) is 2. The van der Waals surface area contributed by atoms with Crippen LogP contribution >= 0.6 is 0 Å². The number of benzene rings is 1. The van der Waals surface area contributed by atoms with Crippen LogP contribution in [0.4, 0.5) is 0 Å². The van der Waals surface area contributed by atoms with Crippen LogP contribution in [0.3, 0.4) is 0 Å². The fraction of sp³-hybridized carbons (Fsp3) is 0.167. The Hall–Kier alpha value is -2.90. The zero-order chi connectivity index (χ0) is 15.4. The summed E-state index contributed by atoms with van der Waals surface area (Å²) in [5, 5.41) is 18.1. The number of carboxylic acid groups (broad SMARTS) is 2. The van der Waals surface area contributed by atoms with E-state index in [1.54, 1.807) is 0 Å². The monoisotopic (exact) mass is 282 g/mol. The highest BCUT2D eigenvalue weighted by atomic mass is 16.5. The van der Waals surface area contributed by atoms with Crippen molar-refractivity contribution >= 4 is 23.9 Å². The second-order valence-electron chi connectivity index (χ2n) is 3.61. The molecule has 1 rings (SSSR count). The summed E-state index contributed by atoms with van der Waals surface area (Å²) in [7, 11) is 0. The molecule has 0 spiro atoms. The average molecular weight is 282 g/mol. The molecule has 0 atom stereocenters. The summed E-state index contributed by atoms with van der Waals surface area (Å²) in [6, 6.07) is 2.07. The topological polar surface area (TPSA) is 127 Å². The van der Waals surface area contributed by atoms with E-state index in [2.05, 4.69) is 9.47 Å². The van der Waals surface area contributed by atoms with Gasteiger partial charge in [-0.15, -0.1) is 0 Å². The number of rotatable bonds is 4. The summed E-state index contributed by atoms with van der Waals surface area (Å²) in [6.07, 6.45) is 0. The Kier molecular flexibility index (Phi) is 4.42. The minimum absolute atomic E-state index is 0.446. The number of carbonyl (C=O) groups is 4. The number of hydrogen-bond acceptors (Lipinski definition) is 6. The molecule has 0 saturated heterocycles. The number of ether oxygens (including phenoxy) is 2. The van der Waals surface area contributed by atoms with E-state index in [4.69, 9.17) is 10.2 Å². The van der Waals surface area contributed by atoms with Crippen LogP contribution in [-0.4, -0.2) is 34.1 Å². The van der Waals surface area contributed by atoms with Crippen LogP contribution in [0, 0.1) is 0 Å². The molecule has 0 heterocycles. The molecule has 0 saturated carbocycles. The molecule has 1 aromatic carbocycles. The molecule has 106 valence electrons. The van der Waals surface area contributed by atoms with E-state index in [0.717, 1.165) is 26.0 Å². The van der Waals surface area contributed by atoms with Crippen molar-refractivity contribution in [1.82, 2.24) is 0 Å². The van der Waals surface area contributed by atoms with Gasteiger partial charge in [0.15, 0.2) is 0 Å². The van der Waals surface area contributed by atoms with Gasteiger partial charge >= 0.3 is 23.9 Å². The first-order valence-electron chi connectivity index (χ1n) is 5.24. The molecule has 0 amide bonds. The molecule has 0 bridgehead atoms. The van der Waals surface area contributed by atoms with Gasteiger partial charge in [0.05, 0.1) is 0 Å². The molecular formula is C12H10O8. The molecule has 0 aliphatic carbocycles. The van der Waals surface area contributed by atoms with Gasteiger partial charge in [-0.05, 0) is 12.1 Å². The average Bonchev–Trinajstić information content (AvgIpc) is 2.28. The Labute approximate surface area is 112 Å². The third kappa shape index (κ3) is 3.31. The van der Waals surface area contributed by atoms with Gasteiger partial charge < -0.3 is 19.7 Å². The molecule has 1 aromatic rings. The predicted octanol–water partition coefficient (Wildman–Crippen LogP) is 0.934. The van der Waals surface area contributed by atoms with E-state index < -0.39 is 46.5 Å². The van der Waals surface area contributed by atoms with Crippen LogP contribution in [0.15, 0.2) is 12.1 Å². The van der Waals surface area contributed by atoms with Gasteiger partial charge in [0.2, 0.25) is 0 Å². The lowest BCUT2D eigenvalue weighted by Gasteiger charge is -2.12. The first-order chi connectivity index (χ1) is 9.23. The lowest BCUT2D eigenvalue weighted by atomic mass is 10.1. The molecule has 8 nitrogen and oxygen atoms in total. The third-order valence-corrected chi connectivity index (χ3v) is 2.06. The van der Waals surface area contributed by atoms with E-state index >= 15 is 0 Å². The van der Waals surface area contributed by atoms with Gasteiger partial charge in [-0.1, -0.05) is 0 Å². The van der Waals surface area contributed by atoms with Crippen molar-refractivity contribution in [2.75, 3.05) is 0 Å². The highest BCUT2D eigenvalue weighted by Crippen LogP contribution is 2.31. The lowest BCUT2D eigenvalue weighted by Crippen LogP contribution is -2.15. The SMILES string of the molecule is CC(=O)Oc1ccc(OC(C)=O)c(C(=O)O)c1C(=O)O. The molecular weight excluding hydrogens is 272 g/mol. The Bertz CT molecular complexity index is 549. The van der Waals surface area contributed by atoms with Crippen molar-refractivity contribution in [2.24, 2.45) is 0 Å². The quantitative estimate of drug-likeness (QED) is 0.616. The molecule has 0 aromatic heterocycles. The standard InChI is InChI=1S/C12H10O8/c1-5(13)19-7-3-4-8(20-6(2)14)10(12(17)18)9(7)11(15)16/h3-4H,1-2H3,(H,15,16)(H,17,18). The van der Waals surface area contributed by atoms with E-state index in [1.807, 2.05) is 0 Å². The first kappa shape index (κ1) is 15.2. The number of esters is 2. The zero-order valence-corrected chi connectivity index (χ0v) is 10.5. The van der Waals surface area contributed by atoms with Crippen LogP contribution in [0.1, 0.15) is 34.6 Å². The third-order valence-electron chi connectivity index (χ3n) is 2.06. The summed E-state index contributed by atoms with van der Waals surface area (Å²) in [6.45, 7) is 2.07. The van der Waals surface area contributed by atoms with Crippen molar-refractivity contribution in [3.63, 3.8) is 0 Å².